The first-order valence-corrected chi connectivity index (χ1v) is 6.32. The minimum atomic E-state index is -0.500. The number of carbonyl (C=O) groups excluding carboxylic acids is 1. The smallest absolute Gasteiger partial charge is 0.343 e. The van der Waals surface area contributed by atoms with Crippen molar-refractivity contribution in [3.05, 3.63) is 66.0 Å². The zero-order chi connectivity index (χ0) is 15.4. The predicted molar refractivity (Wildman–Crippen MR) is 75.3 cm³/mol. The van der Waals surface area contributed by atoms with E-state index < -0.39 is 5.97 Å². The molecule has 0 fully saturated rings. The number of nitrogens with zero attached hydrogens (tertiary/aromatic N) is 5. The maximum Gasteiger partial charge on any atom is 0.343 e. The largest absolute Gasteiger partial charge is 0.423 e. The van der Waals surface area contributed by atoms with Crippen LogP contribution in [0, 0.1) is 11.3 Å². The Morgan fingerprint density at radius 1 is 1.18 bits per heavy atom. The van der Waals surface area contributed by atoms with Crippen molar-refractivity contribution in [2.45, 2.75) is 0 Å². The molecule has 0 aliphatic rings. The van der Waals surface area contributed by atoms with Crippen LogP contribution in [-0.4, -0.2) is 26.2 Å². The number of esters is 1. The lowest BCUT2D eigenvalue weighted by molar-refractivity contribution is 0.0734. The predicted octanol–water partition coefficient (Wildman–Crippen LogP) is 1.75. The molecule has 7 heteroatoms. The van der Waals surface area contributed by atoms with E-state index in [0.717, 1.165) is 0 Å². The quantitative estimate of drug-likeness (QED) is 0.539. The van der Waals surface area contributed by atoms with Gasteiger partial charge in [-0.3, -0.25) is 0 Å². The molecule has 0 spiro atoms. The first-order valence-electron chi connectivity index (χ1n) is 6.32. The van der Waals surface area contributed by atoms with Gasteiger partial charge in [0.25, 0.3) is 0 Å². The molecule has 0 aliphatic heterocycles. The summed E-state index contributed by atoms with van der Waals surface area (Å²) in [4.78, 5) is 12.1. The molecule has 0 aliphatic carbocycles. The van der Waals surface area contributed by atoms with Crippen LogP contribution >= 0.6 is 0 Å². The Bertz CT molecular complexity index is 835. The van der Waals surface area contributed by atoms with Crippen molar-refractivity contribution in [2.24, 2.45) is 0 Å². The molecule has 7 nitrogen and oxygen atoms in total. The Labute approximate surface area is 125 Å². The summed E-state index contributed by atoms with van der Waals surface area (Å²) in [5.41, 5.74) is 1.53. The highest BCUT2D eigenvalue weighted by atomic mass is 16.5. The van der Waals surface area contributed by atoms with Crippen LogP contribution in [0.25, 0.3) is 5.69 Å². The molecular formula is C15H9N5O2. The molecule has 3 aromatic rings. The molecule has 3 rings (SSSR count). The van der Waals surface area contributed by atoms with Gasteiger partial charge in [0.05, 0.1) is 22.9 Å². The van der Waals surface area contributed by atoms with Crippen molar-refractivity contribution in [1.82, 2.24) is 20.2 Å². The summed E-state index contributed by atoms with van der Waals surface area (Å²) in [6.07, 6.45) is 1.44. The molecular weight excluding hydrogens is 282 g/mol. The van der Waals surface area contributed by atoms with Crippen LogP contribution in [0.2, 0.25) is 0 Å². The first kappa shape index (κ1) is 13.5. The van der Waals surface area contributed by atoms with Crippen molar-refractivity contribution >= 4 is 5.97 Å². The molecule has 0 bridgehead atoms. The van der Waals surface area contributed by atoms with Crippen LogP contribution in [0.4, 0.5) is 0 Å². The van der Waals surface area contributed by atoms with Gasteiger partial charge in [0.15, 0.2) is 0 Å². The summed E-state index contributed by atoms with van der Waals surface area (Å²) >= 11 is 0. The van der Waals surface area contributed by atoms with Crippen LogP contribution in [0.5, 0.6) is 5.75 Å². The normalized spacial score (nSPS) is 9.95. The Kier molecular flexibility index (Phi) is 3.58. The van der Waals surface area contributed by atoms with Crippen LogP contribution in [0.1, 0.15) is 15.9 Å². The Morgan fingerprint density at radius 2 is 2.00 bits per heavy atom. The maximum atomic E-state index is 12.1. The highest BCUT2D eigenvalue weighted by Gasteiger charge is 2.10. The molecule has 1 heterocycles. The second-order valence-electron chi connectivity index (χ2n) is 4.33. The highest BCUT2D eigenvalue weighted by Crippen LogP contribution is 2.15. The minimum Gasteiger partial charge on any atom is -0.423 e. The Hall–Kier alpha value is -3.53. The van der Waals surface area contributed by atoms with Crippen molar-refractivity contribution in [3.63, 3.8) is 0 Å². The molecule has 22 heavy (non-hydrogen) atoms. The molecule has 2 aromatic carbocycles. The zero-order valence-corrected chi connectivity index (χ0v) is 11.2. The number of rotatable bonds is 3. The van der Waals surface area contributed by atoms with E-state index in [0.29, 0.717) is 22.6 Å². The number of ether oxygens (including phenoxy) is 1. The Morgan fingerprint density at radius 3 is 2.68 bits per heavy atom. The lowest BCUT2D eigenvalue weighted by Crippen LogP contribution is -2.09. The number of carbonyl (C=O) groups is 1. The van der Waals surface area contributed by atoms with Crippen molar-refractivity contribution in [1.29, 1.82) is 5.26 Å². The Balaban J connectivity index is 1.80. The van der Waals surface area contributed by atoms with Gasteiger partial charge in [-0.15, -0.1) is 5.10 Å². The van der Waals surface area contributed by atoms with Crippen molar-refractivity contribution in [2.75, 3.05) is 0 Å². The van der Waals surface area contributed by atoms with E-state index in [1.807, 2.05) is 6.07 Å². The molecule has 0 unspecified atom stereocenters. The standard InChI is InChI=1S/C15H9N5O2/c16-9-11-4-6-14(7-5-11)22-15(21)12-2-1-3-13(8-12)20-10-17-18-19-20/h1-8,10H. The summed E-state index contributed by atoms with van der Waals surface area (Å²) in [5, 5.41) is 19.6. The summed E-state index contributed by atoms with van der Waals surface area (Å²) in [7, 11) is 0. The molecule has 106 valence electrons. The summed E-state index contributed by atoms with van der Waals surface area (Å²) < 4.78 is 6.71. The van der Waals surface area contributed by atoms with Gasteiger partial charge in [0.2, 0.25) is 0 Å². The lowest BCUT2D eigenvalue weighted by Gasteiger charge is -2.06. The fourth-order valence-corrected chi connectivity index (χ4v) is 1.82. The fraction of sp³-hybridized carbons (Fsp3) is 0. The van der Waals surface area contributed by atoms with Crippen LogP contribution < -0.4 is 4.74 Å². The van der Waals surface area contributed by atoms with Gasteiger partial charge in [-0.25, -0.2) is 9.48 Å². The summed E-state index contributed by atoms with van der Waals surface area (Å²) in [6.45, 7) is 0. The number of hydrogen-bond acceptors (Lipinski definition) is 6. The van der Waals surface area contributed by atoms with E-state index in [9.17, 15) is 4.79 Å². The van der Waals surface area contributed by atoms with Gasteiger partial charge in [0, 0.05) is 0 Å². The third kappa shape index (κ3) is 2.81. The molecule has 0 N–H and O–H groups in total. The molecule has 0 saturated carbocycles. The number of hydrogen-bond donors (Lipinski definition) is 0. The van der Waals surface area contributed by atoms with E-state index in [1.54, 1.807) is 48.5 Å². The third-order valence-corrected chi connectivity index (χ3v) is 2.89. The van der Waals surface area contributed by atoms with Gasteiger partial charge in [-0.1, -0.05) is 6.07 Å². The van der Waals surface area contributed by atoms with Crippen molar-refractivity contribution < 1.29 is 9.53 Å². The molecule has 0 saturated heterocycles. The number of aromatic nitrogens is 4. The van der Waals surface area contributed by atoms with Crippen LogP contribution in [0.3, 0.4) is 0 Å². The topological polar surface area (TPSA) is 93.7 Å². The average Bonchev–Trinajstić information content (AvgIpc) is 3.10. The molecule has 0 amide bonds. The lowest BCUT2D eigenvalue weighted by atomic mass is 10.2. The maximum absolute atomic E-state index is 12.1. The highest BCUT2D eigenvalue weighted by molar-refractivity contribution is 5.91. The van der Waals surface area contributed by atoms with Crippen molar-refractivity contribution in [3.8, 4) is 17.5 Å². The van der Waals surface area contributed by atoms with Crippen LogP contribution in [-0.2, 0) is 0 Å². The second-order valence-corrected chi connectivity index (χ2v) is 4.33. The van der Waals surface area contributed by atoms with Gasteiger partial charge in [-0.2, -0.15) is 5.26 Å². The first-order chi connectivity index (χ1) is 10.8. The molecule has 0 atom stereocenters. The van der Waals surface area contributed by atoms with Gasteiger partial charge >= 0.3 is 5.97 Å². The third-order valence-electron chi connectivity index (χ3n) is 2.89. The molecule has 1 aromatic heterocycles. The van der Waals surface area contributed by atoms with E-state index in [1.165, 1.54) is 11.0 Å². The van der Waals surface area contributed by atoms with E-state index in [4.69, 9.17) is 10.00 Å². The SMILES string of the molecule is N#Cc1ccc(OC(=O)c2cccc(-n3cnnn3)c2)cc1. The number of tetrazole rings is 1. The number of nitriles is 1. The average molecular weight is 291 g/mol. The van der Waals surface area contributed by atoms with E-state index >= 15 is 0 Å². The molecule has 0 radical (unpaired) electrons. The minimum absolute atomic E-state index is 0.372. The monoisotopic (exact) mass is 291 g/mol. The van der Waals surface area contributed by atoms with Gasteiger partial charge in [-0.05, 0) is 52.9 Å². The van der Waals surface area contributed by atoms with Gasteiger partial charge in [0.1, 0.15) is 12.1 Å². The number of benzene rings is 2. The summed E-state index contributed by atoms with van der Waals surface area (Å²) in [6, 6.07) is 15.1. The van der Waals surface area contributed by atoms with E-state index in [-0.39, 0.29) is 0 Å². The summed E-state index contributed by atoms with van der Waals surface area (Å²) in [5.74, 6) is -0.128. The zero-order valence-electron chi connectivity index (χ0n) is 11.2. The van der Waals surface area contributed by atoms with Crippen LogP contribution in [0.15, 0.2) is 54.9 Å². The van der Waals surface area contributed by atoms with Gasteiger partial charge < -0.3 is 4.74 Å². The van der Waals surface area contributed by atoms with E-state index in [2.05, 4.69) is 15.5 Å². The fourth-order valence-electron chi connectivity index (χ4n) is 1.82. The second kappa shape index (κ2) is 5.85.